The lowest BCUT2D eigenvalue weighted by molar-refractivity contribution is 0.0600. The van der Waals surface area contributed by atoms with Crippen molar-refractivity contribution in [2.75, 3.05) is 20.2 Å². The fourth-order valence-electron chi connectivity index (χ4n) is 1.86. The second-order valence-corrected chi connectivity index (χ2v) is 6.76. The second kappa shape index (κ2) is 7.02. The van der Waals surface area contributed by atoms with E-state index in [0.29, 0.717) is 18.2 Å². The topological polar surface area (TPSA) is 84.5 Å². The van der Waals surface area contributed by atoms with Gasteiger partial charge in [0, 0.05) is 12.6 Å². The maximum atomic E-state index is 12.0. The summed E-state index contributed by atoms with van der Waals surface area (Å²) in [5, 5.41) is 3.32. The monoisotopic (exact) mass is 312 g/mol. The molecule has 0 bridgehead atoms. The summed E-state index contributed by atoms with van der Waals surface area (Å²) in [7, 11) is -2.24. The van der Waals surface area contributed by atoms with Crippen molar-refractivity contribution in [2.24, 2.45) is 0 Å². The summed E-state index contributed by atoms with van der Waals surface area (Å²) in [4.78, 5) is 11.4. The average molecular weight is 312 g/mol. The molecule has 0 heterocycles. The van der Waals surface area contributed by atoms with E-state index >= 15 is 0 Å². The van der Waals surface area contributed by atoms with Crippen LogP contribution in [0.5, 0.6) is 0 Å². The van der Waals surface area contributed by atoms with Crippen LogP contribution in [0.4, 0.5) is 0 Å². The van der Waals surface area contributed by atoms with Crippen molar-refractivity contribution in [3.05, 3.63) is 29.8 Å². The van der Waals surface area contributed by atoms with Crippen LogP contribution in [0.15, 0.2) is 29.2 Å². The molecule has 0 spiro atoms. The molecule has 2 N–H and O–H groups in total. The molecule has 0 unspecified atom stereocenters. The predicted molar refractivity (Wildman–Crippen MR) is 78.6 cm³/mol. The van der Waals surface area contributed by atoms with Gasteiger partial charge in [-0.05, 0) is 50.1 Å². The predicted octanol–water partition coefficient (Wildman–Crippen LogP) is 0.894. The molecule has 1 fully saturated rings. The van der Waals surface area contributed by atoms with Gasteiger partial charge in [0.05, 0.1) is 17.6 Å². The number of esters is 1. The van der Waals surface area contributed by atoms with Gasteiger partial charge in [-0.25, -0.2) is 17.9 Å². The summed E-state index contributed by atoms with van der Waals surface area (Å²) in [6.45, 7) is 1.20. The summed E-state index contributed by atoms with van der Waals surface area (Å²) in [5.74, 6) is -0.488. The molecule has 0 radical (unpaired) electrons. The SMILES string of the molecule is COC(=O)c1ccc(S(=O)(=O)NCCCNC2CC2)cc1. The quantitative estimate of drug-likeness (QED) is 0.550. The maximum Gasteiger partial charge on any atom is 0.337 e. The Kier molecular flexibility index (Phi) is 5.33. The zero-order chi connectivity index (χ0) is 15.3. The molecular weight excluding hydrogens is 292 g/mol. The van der Waals surface area contributed by atoms with Crippen molar-refractivity contribution in [3.8, 4) is 0 Å². The molecule has 0 aliphatic heterocycles. The number of carbonyl (C=O) groups excluding carboxylic acids is 1. The van der Waals surface area contributed by atoms with Gasteiger partial charge in [0.2, 0.25) is 10.0 Å². The highest BCUT2D eigenvalue weighted by Gasteiger charge is 2.19. The lowest BCUT2D eigenvalue weighted by Gasteiger charge is -2.08. The molecule has 0 saturated heterocycles. The Morgan fingerprint density at radius 2 is 1.90 bits per heavy atom. The fourth-order valence-corrected chi connectivity index (χ4v) is 2.93. The van der Waals surface area contributed by atoms with E-state index in [-0.39, 0.29) is 4.90 Å². The molecule has 7 heteroatoms. The number of benzene rings is 1. The van der Waals surface area contributed by atoms with Crippen molar-refractivity contribution < 1.29 is 17.9 Å². The second-order valence-electron chi connectivity index (χ2n) is 5.00. The third kappa shape index (κ3) is 4.80. The van der Waals surface area contributed by atoms with Gasteiger partial charge < -0.3 is 10.1 Å². The van der Waals surface area contributed by atoms with Crippen LogP contribution in [0, 0.1) is 0 Å². The Morgan fingerprint density at radius 3 is 2.48 bits per heavy atom. The normalized spacial score (nSPS) is 14.9. The molecule has 2 rings (SSSR count). The van der Waals surface area contributed by atoms with Crippen LogP contribution >= 0.6 is 0 Å². The molecule has 21 heavy (non-hydrogen) atoms. The van der Waals surface area contributed by atoms with Crippen LogP contribution in [0.3, 0.4) is 0 Å². The van der Waals surface area contributed by atoms with Crippen molar-refractivity contribution in [1.82, 2.24) is 10.0 Å². The molecule has 116 valence electrons. The number of nitrogens with one attached hydrogen (secondary N) is 2. The van der Waals surface area contributed by atoms with E-state index in [1.807, 2.05) is 0 Å². The van der Waals surface area contributed by atoms with Crippen LogP contribution < -0.4 is 10.0 Å². The highest BCUT2D eigenvalue weighted by atomic mass is 32.2. The number of ether oxygens (including phenoxy) is 1. The van der Waals surface area contributed by atoms with E-state index < -0.39 is 16.0 Å². The van der Waals surface area contributed by atoms with Crippen LogP contribution in [0.1, 0.15) is 29.6 Å². The fraction of sp³-hybridized carbons (Fsp3) is 0.500. The smallest absolute Gasteiger partial charge is 0.337 e. The zero-order valence-corrected chi connectivity index (χ0v) is 12.8. The van der Waals surface area contributed by atoms with E-state index in [4.69, 9.17) is 0 Å². The first-order valence-corrected chi connectivity index (χ1v) is 8.42. The van der Waals surface area contributed by atoms with Gasteiger partial charge in [-0.2, -0.15) is 0 Å². The first-order valence-electron chi connectivity index (χ1n) is 6.94. The third-order valence-corrected chi connectivity index (χ3v) is 4.72. The van der Waals surface area contributed by atoms with Gasteiger partial charge in [0.15, 0.2) is 0 Å². The maximum absolute atomic E-state index is 12.0. The average Bonchev–Trinajstić information content (AvgIpc) is 3.30. The number of hydrogen-bond donors (Lipinski definition) is 2. The summed E-state index contributed by atoms with van der Waals surface area (Å²) in [6, 6.07) is 6.31. The zero-order valence-electron chi connectivity index (χ0n) is 12.0. The molecule has 1 saturated carbocycles. The number of sulfonamides is 1. The molecule has 1 aromatic carbocycles. The standard InChI is InChI=1S/C14H20N2O4S/c1-20-14(17)11-3-7-13(8-4-11)21(18,19)16-10-2-9-15-12-5-6-12/h3-4,7-8,12,15-16H,2,5-6,9-10H2,1H3. The molecule has 0 aromatic heterocycles. The highest BCUT2D eigenvalue weighted by molar-refractivity contribution is 7.89. The Bertz CT molecular complexity index is 579. The van der Waals surface area contributed by atoms with Crippen LogP contribution in [0.25, 0.3) is 0 Å². The number of methoxy groups -OCH3 is 1. The first-order chi connectivity index (χ1) is 10.0. The van der Waals surface area contributed by atoms with Gasteiger partial charge in [-0.15, -0.1) is 0 Å². The van der Waals surface area contributed by atoms with Crippen molar-refractivity contribution in [2.45, 2.75) is 30.2 Å². The van der Waals surface area contributed by atoms with E-state index in [1.165, 1.54) is 44.2 Å². The van der Waals surface area contributed by atoms with Crippen LogP contribution in [0.2, 0.25) is 0 Å². The van der Waals surface area contributed by atoms with Gasteiger partial charge in [-0.1, -0.05) is 0 Å². The molecule has 0 atom stereocenters. The minimum atomic E-state index is -3.52. The lowest BCUT2D eigenvalue weighted by atomic mass is 10.2. The van der Waals surface area contributed by atoms with Gasteiger partial charge in [-0.3, -0.25) is 0 Å². The Labute approximate surface area is 124 Å². The van der Waals surface area contributed by atoms with Crippen LogP contribution in [-0.2, 0) is 14.8 Å². The number of rotatable bonds is 8. The highest BCUT2D eigenvalue weighted by Crippen LogP contribution is 2.18. The first kappa shape index (κ1) is 15.9. The number of hydrogen-bond acceptors (Lipinski definition) is 5. The summed E-state index contributed by atoms with van der Waals surface area (Å²) < 4.78 is 31.2. The molecule has 1 aromatic rings. The Balaban J connectivity index is 1.84. The summed E-state index contributed by atoms with van der Waals surface area (Å²) in [6.07, 6.45) is 3.19. The largest absolute Gasteiger partial charge is 0.465 e. The molecular formula is C14H20N2O4S. The summed E-state index contributed by atoms with van der Waals surface area (Å²) >= 11 is 0. The van der Waals surface area contributed by atoms with Crippen molar-refractivity contribution in [3.63, 3.8) is 0 Å². The minimum Gasteiger partial charge on any atom is -0.465 e. The van der Waals surface area contributed by atoms with Crippen molar-refractivity contribution >= 4 is 16.0 Å². The van der Waals surface area contributed by atoms with E-state index in [0.717, 1.165) is 13.0 Å². The van der Waals surface area contributed by atoms with Crippen LogP contribution in [-0.4, -0.2) is 40.6 Å². The van der Waals surface area contributed by atoms with E-state index in [1.54, 1.807) is 0 Å². The van der Waals surface area contributed by atoms with Gasteiger partial charge in [0.25, 0.3) is 0 Å². The van der Waals surface area contributed by atoms with E-state index in [9.17, 15) is 13.2 Å². The third-order valence-electron chi connectivity index (χ3n) is 3.24. The summed E-state index contributed by atoms with van der Waals surface area (Å²) in [5.41, 5.74) is 0.324. The Hall–Kier alpha value is -1.44. The molecule has 1 aliphatic carbocycles. The van der Waals surface area contributed by atoms with Crippen molar-refractivity contribution in [1.29, 1.82) is 0 Å². The molecule has 0 amide bonds. The van der Waals surface area contributed by atoms with Gasteiger partial charge >= 0.3 is 5.97 Å². The Morgan fingerprint density at radius 1 is 1.24 bits per heavy atom. The minimum absolute atomic E-state index is 0.144. The number of carbonyl (C=O) groups is 1. The van der Waals surface area contributed by atoms with Gasteiger partial charge in [0.1, 0.15) is 0 Å². The molecule has 6 nitrogen and oxygen atoms in total. The van der Waals surface area contributed by atoms with E-state index in [2.05, 4.69) is 14.8 Å². The molecule has 1 aliphatic rings. The lowest BCUT2D eigenvalue weighted by Crippen LogP contribution is -2.28.